The topological polar surface area (TPSA) is 72.8 Å². The van der Waals surface area contributed by atoms with Crippen molar-refractivity contribution in [3.63, 3.8) is 0 Å². The number of likely N-dealkylation sites (tertiary alicyclic amines) is 1. The summed E-state index contributed by atoms with van der Waals surface area (Å²) in [6, 6.07) is 8.84. The van der Waals surface area contributed by atoms with Gasteiger partial charge in [-0.2, -0.15) is 0 Å². The van der Waals surface area contributed by atoms with Gasteiger partial charge in [0.1, 0.15) is 12.3 Å². The van der Waals surface area contributed by atoms with Gasteiger partial charge in [0.15, 0.2) is 5.75 Å². The van der Waals surface area contributed by atoms with Crippen molar-refractivity contribution in [1.29, 1.82) is 0 Å². The number of piperidine rings is 1. The summed E-state index contributed by atoms with van der Waals surface area (Å²) in [5.41, 5.74) is 1.24. The molecule has 1 amide bonds. The summed E-state index contributed by atoms with van der Waals surface area (Å²) in [4.78, 5) is 27.3. The third-order valence-electron chi connectivity index (χ3n) is 5.36. The van der Waals surface area contributed by atoms with Gasteiger partial charge in [-0.05, 0) is 44.0 Å². The molecular weight excluding hydrogens is 370 g/mol. The van der Waals surface area contributed by atoms with Crippen LogP contribution in [0.15, 0.2) is 41.3 Å². The number of carbonyl (C=O) groups excluding carboxylic acids is 1. The lowest BCUT2D eigenvalue weighted by Crippen LogP contribution is -2.34. The highest BCUT2D eigenvalue weighted by molar-refractivity contribution is 5.92. The van der Waals surface area contributed by atoms with Crippen LogP contribution in [0.25, 0.3) is 0 Å². The van der Waals surface area contributed by atoms with Crippen LogP contribution in [0.2, 0.25) is 0 Å². The molecule has 1 aromatic carbocycles. The number of pyridine rings is 1. The van der Waals surface area contributed by atoms with E-state index in [1.165, 1.54) is 7.11 Å². The number of benzene rings is 1. The Hall–Kier alpha value is -2.80. The van der Waals surface area contributed by atoms with Crippen molar-refractivity contribution in [3.05, 3.63) is 52.4 Å². The number of ether oxygens (including phenoxy) is 2. The standard InChI is InChI=1S/C22H29N3O4/c1-16-8-10-24(11-9-16)13-17-12-19(26)21(29-3)14-25(17)15-22(27)23-18-6-4-5-7-20(18)28-2/h4-7,12,14,16H,8-11,13,15H2,1-3H3,(H,23,27). The van der Waals surface area contributed by atoms with E-state index in [1.807, 2.05) is 12.1 Å². The van der Waals surface area contributed by atoms with Crippen molar-refractivity contribution >= 4 is 11.6 Å². The zero-order valence-corrected chi connectivity index (χ0v) is 17.3. The number of amides is 1. The minimum atomic E-state index is -0.200. The Balaban J connectivity index is 1.79. The summed E-state index contributed by atoms with van der Waals surface area (Å²) >= 11 is 0. The van der Waals surface area contributed by atoms with Crippen molar-refractivity contribution in [2.45, 2.75) is 32.9 Å². The number of hydrogen-bond donors (Lipinski definition) is 1. The minimum absolute atomic E-state index is 0.0776. The van der Waals surface area contributed by atoms with E-state index in [0.717, 1.165) is 37.5 Å². The fraction of sp³-hybridized carbons (Fsp3) is 0.455. The molecule has 0 unspecified atom stereocenters. The molecule has 0 atom stereocenters. The monoisotopic (exact) mass is 399 g/mol. The minimum Gasteiger partial charge on any atom is -0.495 e. The Labute approximate surface area is 171 Å². The van der Waals surface area contributed by atoms with E-state index in [0.29, 0.717) is 18.0 Å². The Morgan fingerprint density at radius 3 is 2.52 bits per heavy atom. The zero-order chi connectivity index (χ0) is 20.8. The molecule has 29 heavy (non-hydrogen) atoms. The summed E-state index contributed by atoms with van der Waals surface area (Å²) in [6.07, 6.45) is 3.91. The molecule has 1 aliphatic heterocycles. The number of rotatable bonds is 7. The van der Waals surface area contributed by atoms with Crippen molar-refractivity contribution in [3.8, 4) is 11.5 Å². The third kappa shape index (κ3) is 5.38. The molecule has 1 saturated heterocycles. The number of hydrogen-bond acceptors (Lipinski definition) is 5. The van der Waals surface area contributed by atoms with Crippen LogP contribution in [0.4, 0.5) is 5.69 Å². The van der Waals surface area contributed by atoms with Gasteiger partial charge in [0.05, 0.1) is 26.1 Å². The third-order valence-corrected chi connectivity index (χ3v) is 5.36. The average Bonchev–Trinajstić information content (AvgIpc) is 2.72. The van der Waals surface area contributed by atoms with Crippen molar-refractivity contribution in [2.75, 3.05) is 32.6 Å². The molecule has 0 bridgehead atoms. The van der Waals surface area contributed by atoms with Crippen molar-refractivity contribution in [1.82, 2.24) is 9.47 Å². The number of carbonyl (C=O) groups is 1. The van der Waals surface area contributed by atoms with Gasteiger partial charge in [0.2, 0.25) is 11.3 Å². The Bertz CT molecular complexity index is 901. The summed E-state index contributed by atoms with van der Waals surface area (Å²) in [5.74, 6) is 1.36. The molecule has 0 spiro atoms. The predicted molar refractivity (Wildman–Crippen MR) is 113 cm³/mol. The van der Waals surface area contributed by atoms with Crippen LogP contribution in [0.3, 0.4) is 0 Å². The number of nitrogens with zero attached hydrogens (tertiary/aromatic N) is 2. The number of para-hydroxylation sites is 2. The van der Waals surface area contributed by atoms with Gasteiger partial charge in [-0.1, -0.05) is 19.1 Å². The molecule has 1 N–H and O–H groups in total. The van der Waals surface area contributed by atoms with E-state index in [4.69, 9.17) is 9.47 Å². The zero-order valence-electron chi connectivity index (χ0n) is 17.3. The second kappa shape index (κ2) is 9.60. The van der Waals surface area contributed by atoms with Crippen LogP contribution in [-0.2, 0) is 17.9 Å². The molecule has 1 aromatic heterocycles. The highest BCUT2D eigenvalue weighted by Gasteiger charge is 2.19. The quantitative estimate of drug-likeness (QED) is 0.775. The Morgan fingerprint density at radius 1 is 1.14 bits per heavy atom. The smallest absolute Gasteiger partial charge is 0.244 e. The molecule has 1 aliphatic rings. The molecule has 1 fully saturated rings. The molecule has 2 aromatic rings. The van der Waals surface area contributed by atoms with E-state index >= 15 is 0 Å². The maximum absolute atomic E-state index is 12.7. The van der Waals surface area contributed by atoms with E-state index in [9.17, 15) is 9.59 Å². The number of methoxy groups -OCH3 is 2. The molecule has 0 radical (unpaired) electrons. The molecular formula is C22H29N3O4. The number of nitrogens with one attached hydrogen (secondary N) is 1. The summed E-state index contributed by atoms with van der Waals surface area (Å²) in [5, 5.41) is 2.88. The Morgan fingerprint density at radius 2 is 1.83 bits per heavy atom. The van der Waals surface area contributed by atoms with E-state index in [1.54, 1.807) is 36.1 Å². The largest absolute Gasteiger partial charge is 0.495 e. The molecule has 0 aliphatic carbocycles. The fourth-order valence-electron chi connectivity index (χ4n) is 3.57. The van der Waals surface area contributed by atoms with Crippen molar-refractivity contribution in [2.24, 2.45) is 5.92 Å². The summed E-state index contributed by atoms with van der Waals surface area (Å²) in [7, 11) is 3.02. The normalized spacial score (nSPS) is 15.1. The fourth-order valence-corrected chi connectivity index (χ4v) is 3.57. The molecule has 0 saturated carbocycles. The van der Waals surface area contributed by atoms with Gasteiger partial charge < -0.3 is 19.4 Å². The second-order valence-corrected chi connectivity index (χ2v) is 7.53. The predicted octanol–water partition coefficient (Wildman–Crippen LogP) is 2.74. The Kier molecular flexibility index (Phi) is 6.93. The number of aromatic nitrogens is 1. The number of anilines is 1. The summed E-state index contributed by atoms with van der Waals surface area (Å²) in [6.45, 7) is 4.97. The molecule has 156 valence electrons. The van der Waals surface area contributed by atoms with Gasteiger partial charge in [-0.25, -0.2) is 0 Å². The molecule has 7 nitrogen and oxygen atoms in total. The van der Waals surface area contributed by atoms with Crippen LogP contribution < -0.4 is 20.2 Å². The van der Waals surface area contributed by atoms with Gasteiger partial charge in [0.25, 0.3) is 0 Å². The highest BCUT2D eigenvalue weighted by Crippen LogP contribution is 2.23. The first kappa shape index (κ1) is 20.9. The lowest BCUT2D eigenvalue weighted by Gasteiger charge is -2.31. The SMILES string of the molecule is COc1ccccc1NC(=O)Cn1cc(OC)c(=O)cc1CN1CCC(C)CC1. The molecule has 7 heteroatoms. The van der Waals surface area contributed by atoms with Gasteiger partial charge in [0, 0.05) is 18.3 Å². The van der Waals surface area contributed by atoms with E-state index in [-0.39, 0.29) is 23.6 Å². The second-order valence-electron chi connectivity index (χ2n) is 7.53. The molecule has 2 heterocycles. The van der Waals surface area contributed by atoms with Gasteiger partial charge >= 0.3 is 0 Å². The van der Waals surface area contributed by atoms with Crippen LogP contribution >= 0.6 is 0 Å². The van der Waals surface area contributed by atoms with Gasteiger partial charge in [-0.15, -0.1) is 0 Å². The maximum atomic E-state index is 12.7. The van der Waals surface area contributed by atoms with Crippen LogP contribution in [0, 0.1) is 5.92 Å². The first-order valence-corrected chi connectivity index (χ1v) is 9.92. The van der Waals surface area contributed by atoms with E-state index < -0.39 is 0 Å². The first-order chi connectivity index (χ1) is 14.0. The summed E-state index contributed by atoms with van der Waals surface area (Å²) < 4.78 is 12.3. The highest BCUT2D eigenvalue weighted by atomic mass is 16.5. The average molecular weight is 399 g/mol. The van der Waals surface area contributed by atoms with Crippen molar-refractivity contribution < 1.29 is 14.3 Å². The maximum Gasteiger partial charge on any atom is 0.244 e. The van der Waals surface area contributed by atoms with E-state index in [2.05, 4.69) is 17.1 Å². The molecule has 3 rings (SSSR count). The van der Waals surface area contributed by atoms with Crippen LogP contribution in [-0.4, -0.2) is 42.7 Å². The lowest BCUT2D eigenvalue weighted by molar-refractivity contribution is -0.116. The first-order valence-electron chi connectivity index (χ1n) is 9.92. The van der Waals surface area contributed by atoms with Crippen LogP contribution in [0.5, 0.6) is 11.5 Å². The van der Waals surface area contributed by atoms with Crippen LogP contribution in [0.1, 0.15) is 25.5 Å². The lowest BCUT2D eigenvalue weighted by atomic mass is 9.99. The van der Waals surface area contributed by atoms with Gasteiger partial charge in [-0.3, -0.25) is 14.5 Å².